The standard InChI is InChI=1S/C17H22N4O3/c1-4-24-17(23)20-10-8-19(9-11-20)16(22)14-13(3)18-15-12(2)6-5-7-21(14)15/h5-7H,4,8-11H2,1-3H3. The summed E-state index contributed by atoms with van der Waals surface area (Å²) in [6, 6.07) is 3.90. The number of carbonyl (C=O) groups excluding carboxylic acids is 2. The summed E-state index contributed by atoms with van der Waals surface area (Å²) in [4.78, 5) is 32.6. The summed E-state index contributed by atoms with van der Waals surface area (Å²) >= 11 is 0. The van der Waals surface area contributed by atoms with E-state index in [1.807, 2.05) is 36.6 Å². The van der Waals surface area contributed by atoms with E-state index >= 15 is 0 Å². The Kier molecular flexibility index (Phi) is 4.42. The quantitative estimate of drug-likeness (QED) is 0.843. The third kappa shape index (κ3) is 2.81. The number of amides is 2. The Hall–Kier alpha value is -2.57. The van der Waals surface area contributed by atoms with Gasteiger partial charge in [-0.2, -0.15) is 0 Å². The summed E-state index contributed by atoms with van der Waals surface area (Å²) in [5, 5.41) is 0. The number of piperazine rings is 1. The predicted molar refractivity (Wildman–Crippen MR) is 89.2 cm³/mol. The van der Waals surface area contributed by atoms with Crippen molar-refractivity contribution in [1.29, 1.82) is 0 Å². The molecule has 7 nitrogen and oxygen atoms in total. The number of nitrogens with zero attached hydrogens (tertiary/aromatic N) is 4. The molecule has 0 bridgehead atoms. The second-order valence-corrected chi connectivity index (χ2v) is 5.91. The molecule has 0 radical (unpaired) electrons. The first-order valence-corrected chi connectivity index (χ1v) is 8.18. The number of aryl methyl sites for hydroxylation is 2. The van der Waals surface area contributed by atoms with E-state index < -0.39 is 0 Å². The minimum atomic E-state index is -0.314. The Bertz CT molecular complexity index is 775. The third-order valence-corrected chi connectivity index (χ3v) is 4.31. The van der Waals surface area contributed by atoms with Crippen LogP contribution in [0.5, 0.6) is 0 Å². The summed E-state index contributed by atoms with van der Waals surface area (Å²) < 4.78 is 6.86. The van der Waals surface area contributed by atoms with Gasteiger partial charge in [-0.25, -0.2) is 9.78 Å². The zero-order valence-corrected chi connectivity index (χ0v) is 14.3. The van der Waals surface area contributed by atoms with Gasteiger partial charge in [0.05, 0.1) is 12.3 Å². The van der Waals surface area contributed by atoms with Crippen LogP contribution in [-0.4, -0.2) is 64.0 Å². The second kappa shape index (κ2) is 6.51. The van der Waals surface area contributed by atoms with Crippen molar-refractivity contribution >= 4 is 17.6 Å². The molecular formula is C17H22N4O3. The van der Waals surface area contributed by atoms with Crippen molar-refractivity contribution in [2.24, 2.45) is 0 Å². The number of aromatic nitrogens is 2. The van der Waals surface area contributed by atoms with Crippen molar-refractivity contribution in [1.82, 2.24) is 19.2 Å². The average molecular weight is 330 g/mol. The molecule has 24 heavy (non-hydrogen) atoms. The number of hydrogen-bond acceptors (Lipinski definition) is 4. The highest BCUT2D eigenvalue weighted by atomic mass is 16.6. The smallest absolute Gasteiger partial charge is 0.409 e. The van der Waals surface area contributed by atoms with Gasteiger partial charge < -0.3 is 14.5 Å². The fraction of sp³-hybridized carbons (Fsp3) is 0.471. The van der Waals surface area contributed by atoms with Crippen molar-refractivity contribution in [3.63, 3.8) is 0 Å². The first-order valence-electron chi connectivity index (χ1n) is 8.18. The zero-order valence-electron chi connectivity index (χ0n) is 14.3. The van der Waals surface area contributed by atoms with Crippen LogP contribution in [0.2, 0.25) is 0 Å². The van der Waals surface area contributed by atoms with Crippen molar-refractivity contribution in [2.75, 3.05) is 32.8 Å². The average Bonchev–Trinajstić information content (AvgIpc) is 2.92. The first-order chi connectivity index (χ1) is 11.5. The molecule has 3 rings (SSSR count). The maximum Gasteiger partial charge on any atom is 0.409 e. The molecule has 0 N–H and O–H groups in total. The monoisotopic (exact) mass is 330 g/mol. The molecule has 1 aliphatic heterocycles. The summed E-state index contributed by atoms with van der Waals surface area (Å²) in [5.41, 5.74) is 3.16. The van der Waals surface area contributed by atoms with Crippen molar-refractivity contribution in [3.05, 3.63) is 35.3 Å². The topological polar surface area (TPSA) is 67.2 Å². The fourth-order valence-corrected chi connectivity index (χ4v) is 3.03. The number of carbonyl (C=O) groups is 2. The van der Waals surface area contributed by atoms with Gasteiger partial charge in [-0.1, -0.05) is 6.07 Å². The molecule has 128 valence electrons. The first kappa shape index (κ1) is 16.3. The highest BCUT2D eigenvalue weighted by molar-refractivity contribution is 5.95. The Labute approximate surface area is 140 Å². The van der Waals surface area contributed by atoms with E-state index in [9.17, 15) is 9.59 Å². The summed E-state index contributed by atoms with van der Waals surface area (Å²) in [6.45, 7) is 7.94. The molecule has 1 aliphatic rings. The number of imidazole rings is 1. The van der Waals surface area contributed by atoms with Gasteiger partial charge in [0.1, 0.15) is 11.3 Å². The van der Waals surface area contributed by atoms with Crippen LogP contribution in [0.15, 0.2) is 18.3 Å². The minimum absolute atomic E-state index is 0.0471. The van der Waals surface area contributed by atoms with Crippen LogP contribution in [0, 0.1) is 13.8 Å². The predicted octanol–water partition coefficient (Wildman–Crippen LogP) is 1.87. The maximum absolute atomic E-state index is 12.9. The lowest BCUT2D eigenvalue weighted by Gasteiger charge is -2.34. The Morgan fingerprint density at radius 2 is 1.83 bits per heavy atom. The van der Waals surface area contributed by atoms with Crippen molar-refractivity contribution < 1.29 is 14.3 Å². The molecule has 0 aliphatic carbocycles. The molecule has 2 aromatic rings. The van der Waals surface area contributed by atoms with Gasteiger partial charge in [0.15, 0.2) is 0 Å². The lowest BCUT2D eigenvalue weighted by atomic mass is 10.2. The zero-order chi connectivity index (χ0) is 17.3. The minimum Gasteiger partial charge on any atom is -0.450 e. The van der Waals surface area contributed by atoms with Gasteiger partial charge in [-0.3, -0.25) is 9.20 Å². The Balaban J connectivity index is 1.78. The summed E-state index contributed by atoms with van der Waals surface area (Å²) in [7, 11) is 0. The van der Waals surface area contributed by atoms with E-state index in [0.717, 1.165) is 16.9 Å². The van der Waals surface area contributed by atoms with Gasteiger partial charge in [-0.15, -0.1) is 0 Å². The van der Waals surface area contributed by atoms with E-state index in [2.05, 4.69) is 4.98 Å². The third-order valence-electron chi connectivity index (χ3n) is 4.31. The van der Waals surface area contributed by atoms with Gasteiger partial charge in [0.2, 0.25) is 0 Å². The van der Waals surface area contributed by atoms with Crippen LogP contribution >= 0.6 is 0 Å². The van der Waals surface area contributed by atoms with Gasteiger partial charge >= 0.3 is 6.09 Å². The van der Waals surface area contributed by atoms with Crippen molar-refractivity contribution in [3.8, 4) is 0 Å². The van der Waals surface area contributed by atoms with Crippen LogP contribution in [-0.2, 0) is 4.74 Å². The molecule has 0 aromatic carbocycles. The molecule has 1 saturated heterocycles. The molecule has 0 spiro atoms. The summed E-state index contributed by atoms with van der Waals surface area (Å²) in [6.07, 6.45) is 1.55. The molecule has 2 amide bonds. The van der Waals surface area contributed by atoms with Gasteiger partial charge in [0.25, 0.3) is 5.91 Å². The van der Waals surface area contributed by atoms with Crippen LogP contribution in [0.1, 0.15) is 28.7 Å². The Morgan fingerprint density at radius 3 is 2.50 bits per heavy atom. The number of rotatable bonds is 2. The van der Waals surface area contributed by atoms with Gasteiger partial charge in [0, 0.05) is 32.4 Å². The highest BCUT2D eigenvalue weighted by Crippen LogP contribution is 2.18. The largest absolute Gasteiger partial charge is 0.450 e. The van der Waals surface area contributed by atoms with E-state index in [1.165, 1.54) is 0 Å². The number of fused-ring (bicyclic) bond motifs is 1. The van der Waals surface area contributed by atoms with E-state index in [-0.39, 0.29) is 12.0 Å². The Morgan fingerprint density at radius 1 is 1.17 bits per heavy atom. The van der Waals surface area contributed by atoms with Crippen LogP contribution in [0.3, 0.4) is 0 Å². The lowest BCUT2D eigenvalue weighted by molar-refractivity contribution is 0.0564. The fourth-order valence-electron chi connectivity index (χ4n) is 3.03. The molecule has 1 fully saturated rings. The molecule has 0 unspecified atom stereocenters. The van der Waals surface area contributed by atoms with E-state index in [4.69, 9.17) is 4.74 Å². The van der Waals surface area contributed by atoms with Crippen LogP contribution in [0.4, 0.5) is 4.79 Å². The SMILES string of the molecule is CCOC(=O)N1CCN(C(=O)c2c(C)nc3c(C)cccn23)CC1. The van der Waals surface area contributed by atoms with Gasteiger partial charge in [-0.05, 0) is 32.4 Å². The number of hydrogen-bond donors (Lipinski definition) is 0. The van der Waals surface area contributed by atoms with E-state index in [1.54, 1.807) is 16.7 Å². The summed E-state index contributed by atoms with van der Waals surface area (Å²) in [5.74, 6) is -0.0471. The molecule has 2 aromatic heterocycles. The normalized spacial score (nSPS) is 15.0. The highest BCUT2D eigenvalue weighted by Gasteiger charge is 2.28. The lowest BCUT2D eigenvalue weighted by Crippen LogP contribution is -2.51. The molecular weight excluding hydrogens is 308 g/mol. The molecule has 3 heterocycles. The number of ether oxygens (including phenoxy) is 1. The van der Waals surface area contributed by atoms with Crippen molar-refractivity contribution in [2.45, 2.75) is 20.8 Å². The van der Waals surface area contributed by atoms with Crippen LogP contribution < -0.4 is 0 Å². The van der Waals surface area contributed by atoms with E-state index in [0.29, 0.717) is 38.5 Å². The maximum atomic E-state index is 12.9. The van der Waals surface area contributed by atoms with Crippen LogP contribution in [0.25, 0.3) is 5.65 Å². The molecule has 0 atom stereocenters. The number of pyridine rings is 1. The molecule has 7 heteroatoms. The second-order valence-electron chi connectivity index (χ2n) is 5.91. The molecule has 0 saturated carbocycles.